The Morgan fingerprint density at radius 2 is 1.63 bits per heavy atom. The smallest absolute Gasteiger partial charge is 0.130 e. The molecule has 0 aliphatic carbocycles. The first kappa shape index (κ1) is 16.2. The monoisotopic (exact) mass is 347 g/mol. The van der Waals surface area contributed by atoms with E-state index in [1.807, 2.05) is 0 Å². The topological polar surface area (TPSA) is 218 Å². The number of fused-ring (bicyclic) bond motifs is 1. The highest BCUT2D eigenvalue weighted by atomic mass is 32.5. The molecule has 15 heteroatoms. The Morgan fingerprint density at radius 1 is 1.11 bits per heavy atom. The molecule has 2 aliphatic heterocycles. The molecule has 2 heterocycles. The number of hydrogen-bond donors (Lipinski definition) is 10. The molecule has 0 aromatic carbocycles. The van der Waals surface area contributed by atoms with Crippen molar-refractivity contribution in [1.29, 1.82) is 0 Å². The van der Waals surface area contributed by atoms with Gasteiger partial charge < -0.3 is 16.6 Å². The molecule has 2 rings (SSSR count). The summed E-state index contributed by atoms with van der Waals surface area (Å²) in [6.07, 6.45) is 0. The van der Waals surface area contributed by atoms with Crippen molar-refractivity contribution in [1.82, 2.24) is 19.3 Å². The van der Waals surface area contributed by atoms with Crippen LogP contribution in [0.5, 0.6) is 0 Å². The maximum atomic E-state index is 6.09. The lowest BCUT2D eigenvalue weighted by Crippen LogP contribution is -2.46. The largest absolute Gasteiger partial charge is 0.432 e. The number of hydrogen-bond acceptors (Lipinski definition) is 6. The highest BCUT2D eigenvalue weighted by Crippen LogP contribution is 2.98. The fraction of sp³-hybridized carbons (Fsp3) is 0.750. The first-order chi connectivity index (χ1) is 9.12. The van der Waals surface area contributed by atoms with Gasteiger partial charge in [0.05, 0.1) is 0 Å². The molecule has 0 saturated carbocycles. The summed E-state index contributed by atoms with van der Waals surface area (Å²) in [5.41, 5.74) is 11.8. The molecule has 0 bridgehead atoms. The van der Waals surface area contributed by atoms with Crippen LogP contribution in [0.1, 0.15) is 0 Å². The lowest BCUT2D eigenvalue weighted by molar-refractivity contribution is 0.627. The molecule has 112 valence electrons. The Labute approximate surface area is 117 Å². The molecule has 16 N–H and O–H groups in total. The lowest BCUT2D eigenvalue weighted by Gasteiger charge is -2.39. The zero-order valence-electron chi connectivity index (χ0n) is 9.91. The fourth-order valence-corrected chi connectivity index (χ4v) is 17.2. The summed E-state index contributed by atoms with van der Waals surface area (Å²) in [4.78, 5) is 10.6. The zero-order chi connectivity index (χ0) is 14.2. The van der Waals surface area contributed by atoms with Crippen LogP contribution in [-0.2, 0) is 20.9 Å². The molecule has 11 nitrogen and oxygen atoms in total. The van der Waals surface area contributed by atoms with Crippen LogP contribution in [0.3, 0.4) is 0 Å². The standard InChI is InChI=1S/C4H19N11P2S2/c5-1-2(6)4-3(16(4)18(12-7)13-8)17(11-4)19(14-9)15-10/h2,12-15H,1,5-10H2. The second kappa shape index (κ2) is 6.32. The van der Waals surface area contributed by atoms with E-state index in [0.29, 0.717) is 6.54 Å². The van der Waals surface area contributed by atoms with Crippen LogP contribution < -0.4 is 54.2 Å². The van der Waals surface area contributed by atoms with Crippen molar-refractivity contribution >= 4 is 34.4 Å². The van der Waals surface area contributed by atoms with E-state index in [-0.39, 0.29) is 11.3 Å². The van der Waals surface area contributed by atoms with Crippen LogP contribution in [0.2, 0.25) is 0 Å². The maximum absolute atomic E-state index is 6.09. The van der Waals surface area contributed by atoms with Crippen LogP contribution in [0.4, 0.5) is 0 Å². The number of rotatable bonds is 6. The van der Waals surface area contributed by atoms with Gasteiger partial charge >= 0.3 is 0 Å². The molecule has 2 aliphatic rings. The van der Waals surface area contributed by atoms with Crippen LogP contribution in [-0.4, -0.2) is 17.9 Å². The predicted molar refractivity (Wildman–Crippen MR) is 84.2 cm³/mol. The Bertz CT molecular complexity index is 428. The van der Waals surface area contributed by atoms with Gasteiger partial charge in [-0.2, -0.15) is 19.3 Å². The average Bonchev–Trinajstić information content (AvgIpc) is 2.95. The van der Waals surface area contributed by atoms with Crippen molar-refractivity contribution in [3.8, 4) is 0 Å². The van der Waals surface area contributed by atoms with Crippen molar-refractivity contribution in [3.05, 3.63) is 10.5 Å². The van der Waals surface area contributed by atoms with E-state index in [1.54, 1.807) is 0 Å². The van der Waals surface area contributed by atoms with Gasteiger partial charge in [-0.25, -0.2) is 0 Å². The minimum absolute atomic E-state index is 0.231. The van der Waals surface area contributed by atoms with Crippen molar-refractivity contribution < 1.29 is 0 Å². The van der Waals surface area contributed by atoms with Crippen LogP contribution in [0, 0.1) is 5.40 Å². The molecule has 4 unspecified atom stereocenters. The van der Waals surface area contributed by atoms with Crippen molar-refractivity contribution in [2.75, 3.05) is 6.54 Å². The summed E-state index contributed by atoms with van der Waals surface area (Å²) in [7, 11) is -1.11. The highest BCUT2D eigenvalue weighted by molar-refractivity contribution is 8.39. The van der Waals surface area contributed by atoms with Gasteiger partial charge in [-0.05, 0) is 6.85 Å². The van der Waals surface area contributed by atoms with E-state index in [4.69, 9.17) is 39.9 Å². The summed E-state index contributed by atoms with van der Waals surface area (Å²) < 4.78 is 0. The molecular weight excluding hydrogens is 328 g/mol. The Balaban J connectivity index is 2.38. The molecule has 19 heavy (non-hydrogen) atoms. The molecule has 0 radical (unpaired) electrons. The van der Waals surface area contributed by atoms with E-state index in [1.165, 1.54) is 5.40 Å². The van der Waals surface area contributed by atoms with Gasteiger partial charge in [0.1, 0.15) is 26.3 Å². The third-order valence-electron chi connectivity index (χ3n) is 2.78. The van der Waals surface area contributed by atoms with Crippen molar-refractivity contribution in [2.24, 2.45) is 34.8 Å². The zero-order valence-corrected chi connectivity index (χ0v) is 13.3. The summed E-state index contributed by atoms with van der Waals surface area (Å²) in [5, 5.41) is 5.60. The van der Waals surface area contributed by atoms with Crippen LogP contribution >= 0.6 is 13.5 Å². The fourth-order valence-electron chi connectivity index (χ4n) is 1.85. The lowest BCUT2D eigenvalue weighted by atomic mass is 10.2. The van der Waals surface area contributed by atoms with E-state index in [2.05, 4.69) is 19.3 Å². The molecule has 0 spiro atoms. The number of nitrogens with two attached hydrogens (primary N) is 6. The quantitative estimate of drug-likeness (QED) is 0.0981. The summed E-state index contributed by atoms with van der Waals surface area (Å²) in [6.45, 7) is -1.16. The van der Waals surface area contributed by atoms with Crippen molar-refractivity contribution in [3.63, 3.8) is 0 Å². The Kier molecular flexibility index (Phi) is 5.40. The third kappa shape index (κ3) is 2.34. The van der Waals surface area contributed by atoms with Gasteiger partial charge in [-0.15, -0.1) is 0 Å². The normalized spacial score (nSPS) is 31.6. The van der Waals surface area contributed by atoms with E-state index in [9.17, 15) is 0 Å². The molecule has 0 amide bonds. The number of nitrogens with one attached hydrogen (secondary N) is 4. The SMILES string of the molecule is NCC(N)C12[N-][P+](=S(NN)NN)[C-]1[P+]2=S(NN)NN. The first-order valence-electron chi connectivity index (χ1n) is 5.12. The van der Waals surface area contributed by atoms with Gasteiger partial charge in [-0.1, -0.05) is 0 Å². The first-order valence-corrected chi connectivity index (χ1v) is 11.4. The molecular formula is C4H19N11P2S2. The minimum Gasteiger partial charge on any atom is -0.432 e. The predicted octanol–water partition coefficient (Wildman–Crippen LogP) is -3.68. The third-order valence-corrected chi connectivity index (χ3v) is 15.2. The second-order valence-electron chi connectivity index (χ2n) is 3.60. The van der Waals surface area contributed by atoms with Gasteiger partial charge in [0.15, 0.2) is 0 Å². The summed E-state index contributed by atoms with van der Waals surface area (Å²) >= 11 is 0. The highest BCUT2D eigenvalue weighted by Gasteiger charge is 2.73. The number of nitrogens with zero attached hydrogens (tertiary/aromatic N) is 1. The van der Waals surface area contributed by atoms with Crippen LogP contribution in [0.15, 0.2) is 0 Å². The van der Waals surface area contributed by atoms with Crippen molar-refractivity contribution in [2.45, 2.75) is 11.3 Å². The number of hydrazine groups is 4. The van der Waals surface area contributed by atoms with Gasteiger partial charge in [0.25, 0.3) is 0 Å². The molecule has 0 aromatic heterocycles. The van der Waals surface area contributed by atoms with Crippen LogP contribution in [0.25, 0.3) is 5.09 Å². The van der Waals surface area contributed by atoms with E-state index in [0.717, 1.165) is 0 Å². The molecule has 2 saturated heterocycles. The maximum Gasteiger partial charge on any atom is 0.130 e. The summed E-state index contributed by atoms with van der Waals surface area (Å²) in [5.74, 6) is 21.9. The van der Waals surface area contributed by atoms with Gasteiger partial charge in [-0.3, -0.25) is 23.4 Å². The molecule has 2 fully saturated rings. The molecule has 4 atom stereocenters. The van der Waals surface area contributed by atoms with E-state index >= 15 is 0 Å². The minimum atomic E-state index is -0.812. The van der Waals surface area contributed by atoms with E-state index < -0.39 is 34.4 Å². The molecule has 0 aromatic rings. The van der Waals surface area contributed by atoms with Gasteiger partial charge in [0.2, 0.25) is 0 Å². The summed E-state index contributed by atoms with van der Waals surface area (Å²) in [6, 6.07) is -0.231. The second-order valence-corrected chi connectivity index (χ2v) is 13.3. The Hall–Kier alpha value is 0.860. The average molecular weight is 347 g/mol. The Morgan fingerprint density at radius 3 is 2.05 bits per heavy atom. The van der Waals surface area contributed by atoms with Gasteiger partial charge in [0, 0.05) is 24.6 Å².